The van der Waals surface area contributed by atoms with Gasteiger partial charge in [-0.2, -0.15) is 0 Å². The van der Waals surface area contributed by atoms with Crippen molar-refractivity contribution in [3.05, 3.63) is 12.8 Å². The van der Waals surface area contributed by atoms with E-state index in [1.807, 2.05) is 0 Å². The minimum Gasteiger partial charge on any atom is -0.497 e. The first-order valence-corrected chi connectivity index (χ1v) is 6.92. The van der Waals surface area contributed by atoms with Crippen LogP contribution >= 0.6 is 0 Å². The van der Waals surface area contributed by atoms with Gasteiger partial charge in [-0.3, -0.25) is 0 Å². The average molecular weight is 240 g/mol. The molecule has 0 heterocycles. The Morgan fingerprint density at radius 2 is 1.41 bits per heavy atom. The van der Waals surface area contributed by atoms with E-state index in [9.17, 15) is 0 Å². The first-order valence-electron chi connectivity index (χ1n) is 6.92. The van der Waals surface area contributed by atoms with Gasteiger partial charge in [0, 0.05) is 0 Å². The molecule has 0 amide bonds. The maximum atomic E-state index is 5.98. The van der Waals surface area contributed by atoms with Crippen molar-refractivity contribution < 1.29 is 14.2 Å². The zero-order chi connectivity index (χ0) is 11.9. The van der Waals surface area contributed by atoms with Crippen LogP contribution in [0.15, 0.2) is 12.8 Å². The topological polar surface area (TPSA) is 27.7 Å². The molecule has 0 aromatic heterocycles. The second kappa shape index (κ2) is 7.02. The maximum absolute atomic E-state index is 5.98. The van der Waals surface area contributed by atoms with E-state index in [-0.39, 0.29) is 6.29 Å². The smallest absolute Gasteiger partial charge is 0.192 e. The Morgan fingerprint density at radius 3 is 1.82 bits per heavy atom. The van der Waals surface area contributed by atoms with Crippen LogP contribution in [0, 0.1) is 0 Å². The third-order valence-electron chi connectivity index (χ3n) is 3.64. The molecule has 3 heteroatoms. The molecule has 2 aliphatic carbocycles. The van der Waals surface area contributed by atoms with Gasteiger partial charge >= 0.3 is 0 Å². The molecule has 0 unspecified atom stereocenters. The molecule has 0 radical (unpaired) electrons. The molecule has 17 heavy (non-hydrogen) atoms. The minimum atomic E-state index is -0.209. The molecule has 2 saturated carbocycles. The zero-order valence-electron chi connectivity index (χ0n) is 10.6. The Kier molecular flexibility index (Phi) is 5.33. The monoisotopic (exact) mass is 240 g/mol. The summed E-state index contributed by atoms with van der Waals surface area (Å²) < 4.78 is 17.2. The lowest BCUT2D eigenvalue weighted by Gasteiger charge is -2.24. The summed E-state index contributed by atoms with van der Waals surface area (Å²) in [7, 11) is 0. The number of hydrogen-bond donors (Lipinski definition) is 0. The Balaban J connectivity index is 1.75. The molecule has 0 aromatic rings. The van der Waals surface area contributed by atoms with E-state index < -0.39 is 0 Å². The van der Waals surface area contributed by atoms with Crippen LogP contribution in [0.4, 0.5) is 0 Å². The van der Waals surface area contributed by atoms with Crippen molar-refractivity contribution in [1.29, 1.82) is 0 Å². The summed E-state index contributed by atoms with van der Waals surface area (Å²) in [5, 5.41) is 0. The lowest BCUT2D eigenvalue weighted by atomic mass is 10.3. The second-order valence-electron chi connectivity index (χ2n) is 5.01. The van der Waals surface area contributed by atoms with Crippen LogP contribution in [0.1, 0.15) is 51.4 Å². The number of ether oxygens (including phenoxy) is 3. The van der Waals surface area contributed by atoms with Crippen molar-refractivity contribution in [3.63, 3.8) is 0 Å². The fourth-order valence-electron chi connectivity index (χ4n) is 2.74. The van der Waals surface area contributed by atoms with Gasteiger partial charge in [-0.15, -0.1) is 0 Å². The van der Waals surface area contributed by atoms with Crippen LogP contribution < -0.4 is 0 Å². The summed E-state index contributed by atoms with van der Waals surface area (Å²) >= 11 is 0. The second-order valence-corrected chi connectivity index (χ2v) is 5.01. The highest BCUT2D eigenvalue weighted by Crippen LogP contribution is 2.26. The van der Waals surface area contributed by atoms with Crippen LogP contribution in [0.5, 0.6) is 0 Å². The van der Waals surface area contributed by atoms with Crippen molar-refractivity contribution in [2.24, 2.45) is 0 Å². The van der Waals surface area contributed by atoms with Gasteiger partial charge in [-0.25, -0.2) is 0 Å². The molecule has 3 nitrogen and oxygen atoms in total. The van der Waals surface area contributed by atoms with Crippen molar-refractivity contribution in [1.82, 2.24) is 0 Å². The zero-order valence-corrected chi connectivity index (χ0v) is 10.6. The summed E-state index contributed by atoms with van der Waals surface area (Å²) in [6, 6.07) is 0. The summed E-state index contributed by atoms with van der Waals surface area (Å²) in [6.07, 6.45) is 11.8. The molecular formula is C14H24O3. The molecule has 0 saturated heterocycles. The summed E-state index contributed by atoms with van der Waals surface area (Å²) in [6.45, 7) is 4.03. The van der Waals surface area contributed by atoms with Gasteiger partial charge in [0.05, 0.1) is 18.5 Å². The first kappa shape index (κ1) is 12.9. The largest absolute Gasteiger partial charge is 0.497 e. The molecule has 2 fully saturated rings. The van der Waals surface area contributed by atoms with Crippen LogP contribution in [0.2, 0.25) is 0 Å². The van der Waals surface area contributed by atoms with Crippen LogP contribution in [-0.4, -0.2) is 25.1 Å². The highest BCUT2D eigenvalue weighted by atomic mass is 16.7. The lowest BCUT2D eigenvalue weighted by molar-refractivity contribution is -0.207. The molecule has 2 aliphatic rings. The molecule has 0 spiro atoms. The third-order valence-corrected chi connectivity index (χ3v) is 3.64. The summed E-state index contributed by atoms with van der Waals surface area (Å²) in [4.78, 5) is 0. The van der Waals surface area contributed by atoms with Gasteiger partial charge in [0.25, 0.3) is 0 Å². The van der Waals surface area contributed by atoms with Crippen molar-refractivity contribution in [3.8, 4) is 0 Å². The quantitative estimate of drug-likeness (QED) is 0.504. The summed E-state index contributed by atoms with van der Waals surface area (Å²) in [5.41, 5.74) is 0. The predicted molar refractivity (Wildman–Crippen MR) is 66.6 cm³/mol. The first-order chi connectivity index (χ1) is 8.38. The third kappa shape index (κ3) is 4.32. The Morgan fingerprint density at radius 1 is 0.941 bits per heavy atom. The van der Waals surface area contributed by atoms with Crippen molar-refractivity contribution in [2.75, 3.05) is 6.61 Å². The van der Waals surface area contributed by atoms with E-state index in [1.54, 1.807) is 0 Å². The minimum absolute atomic E-state index is 0.209. The molecule has 0 aliphatic heterocycles. The molecule has 98 valence electrons. The Hall–Kier alpha value is -0.540. The van der Waals surface area contributed by atoms with Crippen LogP contribution in [0.25, 0.3) is 0 Å². The molecule has 0 atom stereocenters. The van der Waals surface area contributed by atoms with Crippen molar-refractivity contribution >= 4 is 0 Å². The molecule has 0 aromatic carbocycles. The SMILES string of the molecule is C=COCC(OC1CCCC1)OC1CCCC1. The molecule has 2 rings (SSSR count). The van der Waals surface area contributed by atoms with Gasteiger partial charge < -0.3 is 14.2 Å². The van der Waals surface area contributed by atoms with Gasteiger partial charge in [-0.05, 0) is 25.7 Å². The van der Waals surface area contributed by atoms with E-state index in [0.29, 0.717) is 18.8 Å². The van der Waals surface area contributed by atoms with E-state index in [1.165, 1.54) is 57.6 Å². The predicted octanol–water partition coefficient (Wildman–Crippen LogP) is 3.39. The van der Waals surface area contributed by atoms with Crippen LogP contribution in [-0.2, 0) is 14.2 Å². The standard InChI is InChI=1S/C14H24O3/c1-2-15-11-14(16-12-7-3-4-8-12)17-13-9-5-6-10-13/h2,12-14H,1,3-11H2. The molecular weight excluding hydrogens is 216 g/mol. The highest BCUT2D eigenvalue weighted by molar-refractivity contribution is 4.71. The maximum Gasteiger partial charge on any atom is 0.192 e. The van der Waals surface area contributed by atoms with Gasteiger partial charge in [0.1, 0.15) is 6.61 Å². The fraction of sp³-hybridized carbons (Fsp3) is 0.857. The van der Waals surface area contributed by atoms with Crippen LogP contribution in [0.3, 0.4) is 0 Å². The van der Waals surface area contributed by atoms with Gasteiger partial charge in [0.15, 0.2) is 6.29 Å². The van der Waals surface area contributed by atoms with Crippen molar-refractivity contribution in [2.45, 2.75) is 69.9 Å². The average Bonchev–Trinajstić information content (AvgIpc) is 2.99. The molecule has 0 N–H and O–H groups in total. The Bertz CT molecular complexity index is 200. The molecule has 0 bridgehead atoms. The van der Waals surface area contributed by atoms with E-state index in [4.69, 9.17) is 14.2 Å². The van der Waals surface area contributed by atoms with Gasteiger partial charge in [0.2, 0.25) is 0 Å². The Labute approximate surface area is 104 Å². The van der Waals surface area contributed by atoms with Gasteiger partial charge in [-0.1, -0.05) is 32.3 Å². The van der Waals surface area contributed by atoms with E-state index in [0.717, 1.165) is 0 Å². The highest BCUT2D eigenvalue weighted by Gasteiger charge is 2.25. The number of rotatable bonds is 7. The number of hydrogen-bond acceptors (Lipinski definition) is 3. The lowest BCUT2D eigenvalue weighted by Crippen LogP contribution is -2.30. The normalized spacial score (nSPS) is 22.4. The summed E-state index contributed by atoms with van der Waals surface area (Å²) in [5.74, 6) is 0. The van der Waals surface area contributed by atoms with E-state index in [2.05, 4.69) is 6.58 Å². The fourth-order valence-corrected chi connectivity index (χ4v) is 2.74. The van der Waals surface area contributed by atoms with E-state index >= 15 is 0 Å².